The number of carbonyl (C=O) groups excluding carboxylic acids is 8. The molecule has 0 saturated heterocycles. The summed E-state index contributed by atoms with van der Waals surface area (Å²) in [6.45, 7) is 18.6. The molecule has 0 saturated carbocycles. The molecule has 0 N–H and O–H groups in total. The molecule has 45 heavy (non-hydrogen) atoms. The van der Waals surface area contributed by atoms with Crippen molar-refractivity contribution in [1.29, 1.82) is 0 Å². The monoisotopic (exact) mass is 676 g/mol. The van der Waals surface area contributed by atoms with Gasteiger partial charge in [-0.3, -0.25) is 19.2 Å². The zero-order valence-corrected chi connectivity index (χ0v) is 30.6. The minimum Gasteiger partial charge on any atom is -0.549 e. The van der Waals surface area contributed by atoms with Gasteiger partial charge in [-0.05, 0) is 79.1 Å². The van der Waals surface area contributed by atoms with E-state index >= 15 is 0 Å². The van der Waals surface area contributed by atoms with Gasteiger partial charge in [0.2, 0.25) is 0 Å². The predicted octanol–water partition coefficient (Wildman–Crippen LogP) is 0.524. The van der Waals surface area contributed by atoms with Crippen molar-refractivity contribution in [2.24, 2.45) is 21.7 Å². The maximum Gasteiger partial charge on any atom is 4.00 e. The van der Waals surface area contributed by atoms with Gasteiger partial charge >= 0.3 is 21.7 Å². The van der Waals surface area contributed by atoms with Crippen LogP contribution in [-0.2, 0) is 60.1 Å². The molecule has 0 aromatic carbocycles. The van der Waals surface area contributed by atoms with E-state index in [9.17, 15) is 58.8 Å². The molecule has 0 heterocycles. The summed E-state index contributed by atoms with van der Waals surface area (Å²) in [7, 11) is 0. The van der Waals surface area contributed by atoms with Crippen LogP contribution < -0.4 is 20.4 Å². The van der Waals surface area contributed by atoms with Gasteiger partial charge in [-0.25, -0.2) is 0 Å². The molecular formula is C32H52O12Ti. The Morgan fingerprint density at radius 1 is 0.333 bits per heavy atom. The van der Waals surface area contributed by atoms with Crippen LogP contribution in [0.1, 0.15) is 134 Å². The van der Waals surface area contributed by atoms with Crippen LogP contribution in [0.25, 0.3) is 0 Å². The number of carboxylic acid groups (broad SMARTS) is 4. The Morgan fingerprint density at radius 2 is 0.422 bits per heavy atom. The summed E-state index contributed by atoms with van der Waals surface area (Å²) in [6, 6.07) is 0. The number of rotatable bonds is 16. The number of carboxylic acids is 4. The first-order valence-corrected chi connectivity index (χ1v) is 14.9. The standard InChI is InChI=1S/4C8H14O3.Ti/c4*1-4-8(5-2,6(3)9)7(10)11;/h4*4-5H2,1-3H3,(H,10,11);/q;;;;+4/p-4. The van der Waals surface area contributed by atoms with Crippen molar-refractivity contribution in [1.82, 2.24) is 0 Å². The number of Topliss-reactive ketones (excluding diaryl/α,β-unsaturated/α-hetero) is 4. The summed E-state index contributed by atoms with van der Waals surface area (Å²) in [6.07, 6.45) is 2.45. The van der Waals surface area contributed by atoms with Crippen LogP contribution >= 0.6 is 0 Å². The summed E-state index contributed by atoms with van der Waals surface area (Å²) < 4.78 is 0. The normalized spacial score (nSPS) is 10.9. The van der Waals surface area contributed by atoms with E-state index in [0.29, 0.717) is 51.4 Å². The summed E-state index contributed by atoms with van der Waals surface area (Å²) in [5.41, 5.74) is -5.00. The van der Waals surface area contributed by atoms with Crippen molar-refractivity contribution in [2.75, 3.05) is 0 Å². The molecular weight excluding hydrogens is 624 g/mol. The third kappa shape index (κ3) is 13.3. The van der Waals surface area contributed by atoms with Gasteiger partial charge < -0.3 is 39.6 Å². The summed E-state index contributed by atoms with van der Waals surface area (Å²) in [5.74, 6) is -6.29. The molecule has 0 aliphatic carbocycles. The number of hydrogen-bond acceptors (Lipinski definition) is 12. The Kier molecular flexibility index (Phi) is 27.2. The molecule has 0 rings (SSSR count). The first-order chi connectivity index (χ1) is 20.0. The van der Waals surface area contributed by atoms with Gasteiger partial charge in [0.15, 0.2) is 0 Å². The molecule has 0 fully saturated rings. The van der Waals surface area contributed by atoms with Gasteiger partial charge in [0.05, 0.1) is 45.5 Å². The van der Waals surface area contributed by atoms with Crippen molar-refractivity contribution in [3.05, 3.63) is 0 Å². The third-order valence-corrected chi connectivity index (χ3v) is 9.09. The van der Waals surface area contributed by atoms with E-state index in [2.05, 4.69) is 0 Å². The molecule has 0 aliphatic heterocycles. The van der Waals surface area contributed by atoms with Crippen molar-refractivity contribution in [3.63, 3.8) is 0 Å². The summed E-state index contributed by atoms with van der Waals surface area (Å²) >= 11 is 0. The van der Waals surface area contributed by atoms with Gasteiger partial charge in [-0.2, -0.15) is 0 Å². The topological polar surface area (TPSA) is 229 Å². The fourth-order valence-corrected chi connectivity index (χ4v) is 4.72. The van der Waals surface area contributed by atoms with Crippen LogP contribution in [0.2, 0.25) is 0 Å². The second-order valence-electron chi connectivity index (χ2n) is 10.5. The molecule has 0 unspecified atom stereocenters. The predicted molar refractivity (Wildman–Crippen MR) is 155 cm³/mol. The fourth-order valence-electron chi connectivity index (χ4n) is 4.72. The Bertz CT molecular complexity index is 776. The molecule has 0 aromatic rings. The first kappa shape index (κ1) is 51.8. The summed E-state index contributed by atoms with van der Waals surface area (Å²) in [5, 5.41) is 42.4. The van der Waals surface area contributed by atoms with Crippen LogP contribution in [0.5, 0.6) is 0 Å². The molecule has 13 heteroatoms. The zero-order valence-electron chi connectivity index (χ0n) is 29.1. The smallest absolute Gasteiger partial charge is 0.549 e. The Labute approximate surface area is 283 Å². The van der Waals surface area contributed by atoms with Gasteiger partial charge in [-0.1, -0.05) is 55.4 Å². The van der Waals surface area contributed by atoms with E-state index in [-0.39, 0.29) is 44.9 Å². The van der Waals surface area contributed by atoms with E-state index in [1.54, 1.807) is 55.4 Å². The third-order valence-electron chi connectivity index (χ3n) is 9.09. The van der Waals surface area contributed by atoms with E-state index in [4.69, 9.17) is 0 Å². The van der Waals surface area contributed by atoms with E-state index in [1.165, 1.54) is 27.7 Å². The molecule has 0 radical (unpaired) electrons. The van der Waals surface area contributed by atoms with Crippen LogP contribution in [0, 0.1) is 21.7 Å². The number of ketones is 4. The quantitative estimate of drug-likeness (QED) is 0.161. The van der Waals surface area contributed by atoms with Crippen molar-refractivity contribution >= 4 is 47.0 Å². The first-order valence-electron chi connectivity index (χ1n) is 14.9. The molecule has 0 bridgehead atoms. The maximum absolute atomic E-state index is 10.9. The molecule has 0 atom stereocenters. The summed E-state index contributed by atoms with van der Waals surface area (Å²) in [4.78, 5) is 86.2. The zero-order chi connectivity index (χ0) is 36.3. The van der Waals surface area contributed by atoms with E-state index < -0.39 is 45.5 Å². The van der Waals surface area contributed by atoms with Crippen LogP contribution in [0.15, 0.2) is 0 Å². The Morgan fingerprint density at radius 3 is 0.422 bits per heavy atom. The minimum atomic E-state index is -1.25. The number of aliphatic carboxylic acids is 4. The van der Waals surface area contributed by atoms with Crippen molar-refractivity contribution < 1.29 is 80.5 Å². The van der Waals surface area contributed by atoms with Crippen molar-refractivity contribution in [2.45, 2.75) is 134 Å². The largest absolute Gasteiger partial charge is 4.00 e. The Hall–Kier alpha value is -2.73. The molecule has 12 nitrogen and oxygen atoms in total. The second kappa shape index (κ2) is 23.6. The SMILES string of the molecule is CCC(CC)(C(C)=O)C(=O)[O-].CCC(CC)(C(C)=O)C(=O)[O-].CCC(CC)(C(C)=O)C(=O)[O-].CCC(CC)(C(C)=O)C(=O)[O-].[Ti+4]. The average Bonchev–Trinajstić information content (AvgIpc) is 2.92. The van der Waals surface area contributed by atoms with Gasteiger partial charge in [0.25, 0.3) is 0 Å². The van der Waals surface area contributed by atoms with Crippen LogP contribution in [0.3, 0.4) is 0 Å². The van der Waals surface area contributed by atoms with Crippen LogP contribution in [0.4, 0.5) is 0 Å². The van der Waals surface area contributed by atoms with Crippen molar-refractivity contribution in [3.8, 4) is 0 Å². The molecule has 0 amide bonds. The van der Waals surface area contributed by atoms with Gasteiger partial charge in [0.1, 0.15) is 23.1 Å². The minimum absolute atomic E-state index is 0. The molecule has 0 aliphatic rings. The van der Waals surface area contributed by atoms with Gasteiger partial charge in [-0.15, -0.1) is 0 Å². The molecule has 256 valence electrons. The maximum atomic E-state index is 10.9. The number of hydrogen-bond donors (Lipinski definition) is 0. The molecule has 0 spiro atoms. The van der Waals surface area contributed by atoms with E-state index in [1.807, 2.05) is 0 Å². The average molecular weight is 677 g/mol. The van der Waals surface area contributed by atoms with E-state index in [0.717, 1.165) is 0 Å². The van der Waals surface area contributed by atoms with Crippen LogP contribution in [-0.4, -0.2) is 47.0 Å². The second-order valence-corrected chi connectivity index (χ2v) is 10.5. The fraction of sp³-hybridized carbons (Fsp3) is 0.750. The van der Waals surface area contributed by atoms with Gasteiger partial charge in [0, 0.05) is 0 Å². The Balaban J connectivity index is -0.000000157. The number of carbonyl (C=O) groups is 8. The molecule has 0 aromatic heterocycles.